The first kappa shape index (κ1) is 12.6. The molecule has 0 saturated carbocycles. The summed E-state index contributed by atoms with van der Waals surface area (Å²) in [5.74, 6) is 0. The van der Waals surface area contributed by atoms with Crippen molar-refractivity contribution in [3.63, 3.8) is 0 Å². The Morgan fingerprint density at radius 1 is 1.40 bits per heavy atom. The van der Waals surface area contributed by atoms with Crippen molar-refractivity contribution in [2.24, 2.45) is 5.73 Å². The average molecular weight is 273 g/mol. The van der Waals surface area contributed by atoms with Crippen molar-refractivity contribution >= 4 is 6.09 Å². The van der Waals surface area contributed by atoms with Crippen LogP contribution in [-0.4, -0.2) is 26.3 Å². The van der Waals surface area contributed by atoms with E-state index in [4.69, 9.17) is 10.5 Å². The van der Waals surface area contributed by atoms with Gasteiger partial charge in [-0.25, -0.2) is 9.48 Å². The van der Waals surface area contributed by atoms with Crippen molar-refractivity contribution in [2.75, 3.05) is 0 Å². The number of primary amides is 1. The van der Waals surface area contributed by atoms with E-state index in [9.17, 15) is 4.79 Å². The highest BCUT2D eigenvalue weighted by atomic mass is 16.6. The molecule has 3 rings (SSSR count). The fourth-order valence-corrected chi connectivity index (χ4v) is 2.58. The van der Waals surface area contributed by atoms with Gasteiger partial charge in [0, 0.05) is 0 Å². The molecule has 2 aromatic rings. The minimum absolute atomic E-state index is 0.342. The number of hydrogen-bond donors (Lipinski definition) is 1. The van der Waals surface area contributed by atoms with Crippen molar-refractivity contribution in [1.29, 1.82) is 0 Å². The molecule has 7 nitrogen and oxygen atoms in total. The Kier molecular flexibility index (Phi) is 3.32. The summed E-state index contributed by atoms with van der Waals surface area (Å²) in [4.78, 5) is 11.1. The number of carbonyl (C=O) groups is 1. The van der Waals surface area contributed by atoms with E-state index in [1.807, 2.05) is 6.07 Å². The van der Waals surface area contributed by atoms with E-state index in [1.54, 1.807) is 0 Å². The molecule has 2 N–H and O–H groups in total. The molecule has 0 spiro atoms. The van der Waals surface area contributed by atoms with E-state index in [1.165, 1.54) is 28.6 Å². The predicted octanol–water partition coefficient (Wildman–Crippen LogP) is 0.998. The number of fused-ring (bicyclic) bond motifs is 1. The Bertz CT molecular complexity index is 611. The summed E-state index contributed by atoms with van der Waals surface area (Å²) in [7, 11) is 0. The highest BCUT2D eigenvalue weighted by molar-refractivity contribution is 5.65. The van der Waals surface area contributed by atoms with Gasteiger partial charge in [0.15, 0.2) is 0 Å². The molecule has 20 heavy (non-hydrogen) atoms. The van der Waals surface area contributed by atoms with Crippen molar-refractivity contribution in [1.82, 2.24) is 20.2 Å². The molecule has 1 aromatic carbocycles. The first-order chi connectivity index (χ1) is 9.72. The summed E-state index contributed by atoms with van der Waals surface area (Å²) in [6.07, 6.45) is 3.55. The van der Waals surface area contributed by atoms with Gasteiger partial charge in [-0.2, -0.15) is 0 Å². The van der Waals surface area contributed by atoms with Crippen LogP contribution in [0.1, 0.15) is 29.2 Å². The Hall–Kier alpha value is -2.44. The van der Waals surface area contributed by atoms with Crippen LogP contribution in [-0.2, 0) is 24.1 Å². The maximum Gasteiger partial charge on any atom is 0.405 e. The van der Waals surface area contributed by atoms with Gasteiger partial charge in [0.25, 0.3) is 0 Å². The van der Waals surface area contributed by atoms with Gasteiger partial charge in [-0.15, -0.1) is 5.10 Å². The molecule has 1 amide bonds. The van der Waals surface area contributed by atoms with Crippen LogP contribution in [0.4, 0.5) is 4.79 Å². The SMILES string of the molecule is NC(=O)OC(Cn1cnnn1)c1ccc2c(c1)CCC2. The van der Waals surface area contributed by atoms with Crippen LogP contribution in [0.3, 0.4) is 0 Å². The number of rotatable bonds is 4. The molecule has 0 bridgehead atoms. The minimum atomic E-state index is -0.802. The van der Waals surface area contributed by atoms with Crippen LogP contribution >= 0.6 is 0 Å². The van der Waals surface area contributed by atoms with Gasteiger partial charge in [0.05, 0.1) is 6.54 Å². The number of aryl methyl sites for hydroxylation is 2. The normalized spacial score (nSPS) is 14.8. The number of nitrogens with two attached hydrogens (primary N) is 1. The summed E-state index contributed by atoms with van der Waals surface area (Å²) < 4.78 is 6.71. The van der Waals surface area contributed by atoms with Gasteiger partial charge < -0.3 is 10.5 Å². The van der Waals surface area contributed by atoms with Crippen LogP contribution in [0.15, 0.2) is 24.5 Å². The lowest BCUT2D eigenvalue weighted by atomic mass is 10.0. The molecule has 1 aliphatic rings. The lowest BCUT2D eigenvalue weighted by Gasteiger charge is -2.17. The Morgan fingerprint density at radius 2 is 2.25 bits per heavy atom. The molecule has 0 aliphatic heterocycles. The molecular weight excluding hydrogens is 258 g/mol. The average Bonchev–Trinajstić information content (AvgIpc) is 3.07. The van der Waals surface area contributed by atoms with Crippen LogP contribution in [0.25, 0.3) is 0 Å². The smallest absolute Gasteiger partial charge is 0.405 e. The van der Waals surface area contributed by atoms with Crippen LogP contribution in [0.5, 0.6) is 0 Å². The molecule has 1 heterocycles. The summed E-state index contributed by atoms with van der Waals surface area (Å²) in [6, 6.07) is 6.15. The Morgan fingerprint density at radius 3 is 3.00 bits per heavy atom. The van der Waals surface area contributed by atoms with Gasteiger partial charge in [-0.1, -0.05) is 18.2 Å². The van der Waals surface area contributed by atoms with Gasteiger partial charge in [0.1, 0.15) is 12.4 Å². The molecule has 7 heteroatoms. The van der Waals surface area contributed by atoms with Gasteiger partial charge in [0.2, 0.25) is 0 Å². The molecule has 1 atom stereocenters. The first-order valence-corrected chi connectivity index (χ1v) is 6.51. The molecule has 1 unspecified atom stereocenters. The number of tetrazole rings is 1. The van der Waals surface area contributed by atoms with E-state index >= 15 is 0 Å². The second-order valence-corrected chi connectivity index (χ2v) is 4.84. The fourth-order valence-electron chi connectivity index (χ4n) is 2.58. The number of benzene rings is 1. The lowest BCUT2D eigenvalue weighted by Crippen LogP contribution is -2.21. The monoisotopic (exact) mass is 273 g/mol. The fraction of sp³-hybridized carbons (Fsp3) is 0.385. The maximum absolute atomic E-state index is 11.1. The van der Waals surface area contributed by atoms with E-state index in [0.717, 1.165) is 18.4 Å². The maximum atomic E-state index is 11.1. The predicted molar refractivity (Wildman–Crippen MR) is 69.7 cm³/mol. The van der Waals surface area contributed by atoms with Crippen LogP contribution in [0, 0.1) is 0 Å². The summed E-state index contributed by atoms with van der Waals surface area (Å²) >= 11 is 0. The largest absolute Gasteiger partial charge is 0.440 e. The first-order valence-electron chi connectivity index (χ1n) is 6.51. The van der Waals surface area contributed by atoms with Crippen molar-refractivity contribution in [3.8, 4) is 0 Å². The molecule has 0 saturated heterocycles. The quantitative estimate of drug-likeness (QED) is 0.896. The van der Waals surface area contributed by atoms with Crippen LogP contribution < -0.4 is 5.73 Å². The van der Waals surface area contributed by atoms with Gasteiger partial charge in [-0.05, 0) is 46.4 Å². The Balaban J connectivity index is 1.86. The second-order valence-electron chi connectivity index (χ2n) is 4.84. The number of nitrogens with zero attached hydrogens (tertiary/aromatic N) is 4. The molecule has 1 aliphatic carbocycles. The van der Waals surface area contributed by atoms with Gasteiger partial charge in [-0.3, -0.25) is 0 Å². The second kappa shape index (κ2) is 5.28. The molecular formula is C13H15N5O2. The highest BCUT2D eigenvalue weighted by Gasteiger charge is 2.19. The third-order valence-corrected chi connectivity index (χ3v) is 3.50. The van der Waals surface area contributed by atoms with E-state index in [0.29, 0.717) is 6.54 Å². The third-order valence-electron chi connectivity index (χ3n) is 3.50. The molecule has 104 valence electrons. The number of carbonyl (C=O) groups excluding carboxylic acids is 1. The van der Waals surface area contributed by atoms with Crippen LogP contribution in [0.2, 0.25) is 0 Å². The third kappa shape index (κ3) is 2.61. The zero-order chi connectivity index (χ0) is 13.9. The molecule has 0 fully saturated rings. The van der Waals surface area contributed by atoms with Crippen molar-refractivity contribution < 1.29 is 9.53 Å². The summed E-state index contributed by atoms with van der Waals surface area (Å²) in [5, 5.41) is 10.9. The number of amides is 1. The molecule has 0 radical (unpaired) electrons. The van der Waals surface area contributed by atoms with E-state index in [2.05, 4.69) is 27.7 Å². The number of ether oxygens (including phenoxy) is 1. The van der Waals surface area contributed by atoms with Crippen molar-refractivity contribution in [3.05, 3.63) is 41.2 Å². The van der Waals surface area contributed by atoms with E-state index < -0.39 is 12.2 Å². The minimum Gasteiger partial charge on any atom is -0.440 e. The van der Waals surface area contributed by atoms with Crippen molar-refractivity contribution in [2.45, 2.75) is 31.9 Å². The highest BCUT2D eigenvalue weighted by Crippen LogP contribution is 2.27. The number of aromatic nitrogens is 4. The zero-order valence-electron chi connectivity index (χ0n) is 10.9. The topological polar surface area (TPSA) is 95.9 Å². The van der Waals surface area contributed by atoms with Gasteiger partial charge >= 0.3 is 6.09 Å². The lowest BCUT2D eigenvalue weighted by molar-refractivity contribution is 0.0929. The number of hydrogen-bond acceptors (Lipinski definition) is 5. The summed E-state index contributed by atoms with van der Waals surface area (Å²) in [5.41, 5.74) is 8.75. The Labute approximate surface area is 115 Å². The van der Waals surface area contributed by atoms with E-state index in [-0.39, 0.29) is 0 Å². The molecule has 1 aromatic heterocycles. The zero-order valence-corrected chi connectivity index (χ0v) is 10.9. The summed E-state index contributed by atoms with van der Waals surface area (Å²) in [6.45, 7) is 0.342. The standard InChI is InChI=1S/C13H15N5O2/c14-13(19)20-12(7-18-8-15-16-17-18)11-5-4-9-2-1-3-10(9)6-11/h4-6,8,12H,1-3,7H2,(H2,14,19).